The summed E-state index contributed by atoms with van der Waals surface area (Å²) in [5, 5.41) is 0. The van der Waals surface area contributed by atoms with Gasteiger partial charge in [-0.2, -0.15) is 0 Å². The summed E-state index contributed by atoms with van der Waals surface area (Å²) < 4.78 is 33.5. The number of ether oxygens (including phenoxy) is 1. The highest BCUT2D eigenvalue weighted by Crippen LogP contribution is 2.30. The Bertz CT molecular complexity index is 990. The van der Waals surface area contributed by atoms with Crippen LogP contribution in [0.4, 0.5) is 8.78 Å². The predicted molar refractivity (Wildman–Crippen MR) is 122 cm³/mol. The van der Waals surface area contributed by atoms with Crippen molar-refractivity contribution in [2.75, 3.05) is 32.8 Å². The number of halogens is 3. The standard InChI is InChI=1S/C25H23BrF2N2O2/c26-20-5-11-23(12-6-20)32-17-24(31)29-13-15-30(16-14-29)25(18-1-7-21(27)8-2-18)19-3-9-22(28)10-4-19/h1-12,25H,13-17H2. The van der Waals surface area contributed by atoms with Gasteiger partial charge in [0, 0.05) is 30.7 Å². The number of hydrogen-bond acceptors (Lipinski definition) is 3. The summed E-state index contributed by atoms with van der Waals surface area (Å²) in [5.74, 6) is -0.0128. The predicted octanol–water partition coefficient (Wildman–Crippen LogP) is 5.04. The molecular formula is C25H23BrF2N2O2. The Morgan fingerprint density at radius 3 is 1.81 bits per heavy atom. The number of benzene rings is 3. The molecule has 0 N–H and O–H groups in total. The average molecular weight is 501 g/mol. The molecule has 1 amide bonds. The maximum absolute atomic E-state index is 13.5. The van der Waals surface area contributed by atoms with Crippen molar-refractivity contribution in [3.63, 3.8) is 0 Å². The van der Waals surface area contributed by atoms with Gasteiger partial charge in [-0.1, -0.05) is 40.2 Å². The number of carbonyl (C=O) groups is 1. The molecule has 0 radical (unpaired) electrons. The van der Waals surface area contributed by atoms with Crippen LogP contribution < -0.4 is 4.74 Å². The fourth-order valence-electron chi connectivity index (χ4n) is 3.90. The molecule has 3 aromatic rings. The van der Waals surface area contributed by atoms with Crippen LogP contribution in [0.15, 0.2) is 77.3 Å². The summed E-state index contributed by atoms with van der Waals surface area (Å²) in [6, 6.07) is 20.0. The molecule has 1 aliphatic rings. The summed E-state index contributed by atoms with van der Waals surface area (Å²) in [7, 11) is 0. The molecule has 0 spiro atoms. The summed E-state index contributed by atoms with van der Waals surface area (Å²) in [5.41, 5.74) is 1.85. The fraction of sp³-hybridized carbons (Fsp3) is 0.240. The Hall–Kier alpha value is -2.77. The quantitative estimate of drug-likeness (QED) is 0.475. The van der Waals surface area contributed by atoms with Crippen molar-refractivity contribution in [3.05, 3.63) is 100 Å². The number of piperazine rings is 1. The van der Waals surface area contributed by atoms with Gasteiger partial charge >= 0.3 is 0 Å². The smallest absolute Gasteiger partial charge is 0.260 e. The van der Waals surface area contributed by atoms with Crippen molar-refractivity contribution in [1.82, 2.24) is 9.80 Å². The molecule has 1 aliphatic heterocycles. The lowest BCUT2D eigenvalue weighted by Gasteiger charge is -2.39. The fourth-order valence-corrected chi connectivity index (χ4v) is 4.17. The topological polar surface area (TPSA) is 32.8 Å². The Morgan fingerprint density at radius 2 is 1.31 bits per heavy atom. The molecule has 0 atom stereocenters. The van der Waals surface area contributed by atoms with Crippen LogP contribution >= 0.6 is 15.9 Å². The molecule has 0 saturated carbocycles. The highest BCUT2D eigenvalue weighted by molar-refractivity contribution is 9.10. The molecule has 0 unspecified atom stereocenters. The second-order valence-corrected chi connectivity index (χ2v) is 8.58. The van der Waals surface area contributed by atoms with Crippen LogP contribution in [0.3, 0.4) is 0 Å². The minimum Gasteiger partial charge on any atom is -0.484 e. The lowest BCUT2D eigenvalue weighted by Crippen LogP contribution is -2.51. The minimum atomic E-state index is -0.298. The normalized spacial score (nSPS) is 14.6. The third-order valence-electron chi connectivity index (χ3n) is 5.58. The first-order valence-corrected chi connectivity index (χ1v) is 11.2. The number of carbonyl (C=O) groups excluding carboxylic acids is 1. The van der Waals surface area contributed by atoms with Crippen LogP contribution in [0.25, 0.3) is 0 Å². The summed E-state index contributed by atoms with van der Waals surface area (Å²) in [6.07, 6.45) is 0. The molecule has 0 aliphatic carbocycles. The Balaban J connectivity index is 1.41. The van der Waals surface area contributed by atoms with Crippen molar-refractivity contribution < 1.29 is 18.3 Å². The van der Waals surface area contributed by atoms with Gasteiger partial charge in [0.15, 0.2) is 6.61 Å². The van der Waals surface area contributed by atoms with E-state index in [4.69, 9.17) is 4.74 Å². The third kappa shape index (κ3) is 5.53. The van der Waals surface area contributed by atoms with Gasteiger partial charge in [-0.15, -0.1) is 0 Å². The first kappa shape index (κ1) is 22.4. The molecule has 1 fully saturated rings. The largest absolute Gasteiger partial charge is 0.484 e. The molecule has 1 heterocycles. The summed E-state index contributed by atoms with van der Waals surface area (Å²) in [4.78, 5) is 16.6. The molecule has 7 heteroatoms. The van der Waals surface area contributed by atoms with Crippen molar-refractivity contribution in [1.29, 1.82) is 0 Å². The zero-order valence-electron chi connectivity index (χ0n) is 17.4. The van der Waals surface area contributed by atoms with E-state index in [-0.39, 0.29) is 30.2 Å². The first-order valence-electron chi connectivity index (χ1n) is 10.4. The van der Waals surface area contributed by atoms with Crippen LogP contribution in [0.5, 0.6) is 5.75 Å². The van der Waals surface area contributed by atoms with Gasteiger partial charge < -0.3 is 9.64 Å². The Kier molecular flexibility index (Phi) is 7.17. The van der Waals surface area contributed by atoms with Gasteiger partial charge in [0.05, 0.1) is 6.04 Å². The molecule has 32 heavy (non-hydrogen) atoms. The maximum Gasteiger partial charge on any atom is 0.260 e. The highest BCUT2D eigenvalue weighted by atomic mass is 79.9. The molecule has 166 valence electrons. The number of nitrogens with zero attached hydrogens (tertiary/aromatic N) is 2. The van der Waals surface area contributed by atoms with E-state index in [2.05, 4.69) is 20.8 Å². The van der Waals surface area contributed by atoms with Crippen LogP contribution in [-0.4, -0.2) is 48.5 Å². The summed E-state index contributed by atoms with van der Waals surface area (Å²) >= 11 is 3.37. The van der Waals surface area contributed by atoms with E-state index in [1.54, 1.807) is 29.2 Å². The summed E-state index contributed by atoms with van der Waals surface area (Å²) in [6.45, 7) is 2.39. The zero-order chi connectivity index (χ0) is 22.5. The van der Waals surface area contributed by atoms with Gasteiger partial charge in [-0.05, 0) is 59.7 Å². The van der Waals surface area contributed by atoms with Gasteiger partial charge in [0.2, 0.25) is 0 Å². The number of hydrogen-bond donors (Lipinski definition) is 0. The van der Waals surface area contributed by atoms with E-state index >= 15 is 0 Å². The van der Waals surface area contributed by atoms with Gasteiger partial charge in [0.1, 0.15) is 17.4 Å². The van der Waals surface area contributed by atoms with Crippen molar-refractivity contribution >= 4 is 21.8 Å². The molecule has 4 rings (SSSR count). The van der Waals surface area contributed by atoms with Crippen molar-refractivity contribution in [2.45, 2.75) is 6.04 Å². The van der Waals surface area contributed by atoms with E-state index in [1.807, 2.05) is 24.3 Å². The van der Waals surface area contributed by atoms with Gasteiger partial charge in [0.25, 0.3) is 5.91 Å². The van der Waals surface area contributed by atoms with Gasteiger partial charge in [-0.3, -0.25) is 9.69 Å². The van der Waals surface area contributed by atoms with Crippen molar-refractivity contribution in [2.24, 2.45) is 0 Å². The SMILES string of the molecule is O=C(COc1ccc(Br)cc1)N1CCN(C(c2ccc(F)cc2)c2ccc(F)cc2)CC1. The highest BCUT2D eigenvalue weighted by Gasteiger charge is 2.28. The number of amides is 1. The third-order valence-corrected chi connectivity index (χ3v) is 6.11. The monoisotopic (exact) mass is 500 g/mol. The molecule has 4 nitrogen and oxygen atoms in total. The van der Waals surface area contributed by atoms with Crippen LogP contribution in [-0.2, 0) is 4.79 Å². The van der Waals surface area contributed by atoms with E-state index in [0.29, 0.717) is 31.9 Å². The van der Waals surface area contributed by atoms with E-state index in [0.717, 1.165) is 15.6 Å². The van der Waals surface area contributed by atoms with E-state index < -0.39 is 0 Å². The first-order chi connectivity index (χ1) is 15.5. The molecule has 3 aromatic carbocycles. The molecule has 0 aromatic heterocycles. The molecule has 1 saturated heterocycles. The van der Waals surface area contributed by atoms with E-state index in [9.17, 15) is 13.6 Å². The number of rotatable bonds is 6. The van der Waals surface area contributed by atoms with Crippen molar-refractivity contribution in [3.8, 4) is 5.75 Å². The van der Waals surface area contributed by atoms with E-state index in [1.165, 1.54) is 24.3 Å². The van der Waals surface area contributed by atoms with Crippen LogP contribution in [0.1, 0.15) is 17.2 Å². The second-order valence-electron chi connectivity index (χ2n) is 7.66. The lowest BCUT2D eigenvalue weighted by molar-refractivity contribution is -0.135. The second kappa shape index (κ2) is 10.2. The minimum absolute atomic E-state index is 0.0129. The molecular weight excluding hydrogens is 478 g/mol. The Morgan fingerprint density at radius 1 is 0.812 bits per heavy atom. The van der Waals surface area contributed by atoms with Crippen LogP contribution in [0, 0.1) is 11.6 Å². The maximum atomic E-state index is 13.5. The van der Waals surface area contributed by atoms with Gasteiger partial charge in [-0.25, -0.2) is 8.78 Å². The lowest BCUT2D eigenvalue weighted by atomic mass is 9.96. The Labute approximate surface area is 194 Å². The van der Waals surface area contributed by atoms with Crippen LogP contribution in [0.2, 0.25) is 0 Å². The average Bonchev–Trinajstić information content (AvgIpc) is 2.81. The zero-order valence-corrected chi connectivity index (χ0v) is 19.0. The molecule has 0 bridgehead atoms.